The molecule has 0 saturated heterocycles. The first-order valence-electron chi connectivity index (χ1n) is 7.10. The molecule has 2 aromatic rings. The van der Waals surface area contributed by atoms with Gasteiger partial charge in [0.25, 0.3) is 0 Å². The summed E-state index contributed by atoms with van der Waals surface area (Å²) in [5, 5.41) is 3.98. The van der Waals surface area contributed by atoms with Gasteiger partial charge in [-0.15, -0.1) is 0 Å². The third-order valence-electron chi connectivity index (χ3n) is 4.09. The van der Waals surface area contributed by atoms with Crippen LogP contribution in [0.2, 0.25) is 5.02 Å². The molecule has 0 aromatic heterocycles. The Morgan fingerprint density at radius 3 is 2.43 bits per heavy atom. The minimum atomic E-state index is 0.230. The van der Waals surface area contributed by atoms with E-state index in [9.17, 15) is 0 Å². The molecular weight excluding hydrogens is 282 g/mol. The summed E-state index contributed by atoms with van der Waals surface area (Å²) in [7, 11) is 3.64. The summed E-state index contributed by atoms with van der Waals surface area (Å²) < 4.78 is 5.59. The lowest BCUT2D eigenvalue weighted by Gasteiger charge is -2.16. The van der Waals surface area contributed by atoms with Gasteiger partial charge in [-0.1, -0.05) is 35.9 Å². The predicted molar refractivity (Wildman–Crippen MR) is 90.4 cm³/mol. The minimum Gasteiger partial charge on any atom is -0.496 e. The van der Waals surface area contributed by atoms with E-state index in [2.05, 4.69) is 50.4 Å². The Morgan fingerprint density at radius 1 is 1.14 bits per heavy atom. The van der Waals surface area contributed by atoms with Gasteiger partial charge in [0.2, 0.25) is 0 Å². The van der Waals surface area contributed by atoms with Gasteiger partial charge in [-0.25, -0.2) is 0 Å². The molecular formula is C18H22ClNO. The molecule has 112 valence electrons. The number of rotatable bonds is 4. The first-order valence-corrected chi connectivity index (χ1v) is 7.48. The molecule has 0 amide bonds. The quantitative estimate of drug-likeness (QED) is 0.866. The van der Waals surface area contributed by atoms with Crippen molar-refractivity contribution >= 4 is 11.6 Å². The number of nitrogens with one attached hydrogen (secondary N) is 1. The van der Waals surface area contributed by atoms with Gasteiger partial charge < -0.3 is 10.1 Å². The largest absolute Gasteiger partial charge is 0.496 e. The number of halogens is 1. The van der Waals surface area contributed by atoms with Gasteiger partial charge in [-0.3, -0.25) is 0 Å². The molecule has 2 nitrogen and oxygen atoms in total. The Bertz CT molecular complexity index is 652. The van der Waals surface area contributed by atoms with E-state index in [4.69, 9.17) is 16.3 Å². The van der Waals surface area contributed by atoms with Crippen molar-refractivity contribution in [2.45, 2.75) is 26.8 Å². The lowest BCUT2D eigenvalue weighted by molar-refractivity contribution is 0.413. The number of ether oxygens (including phenoxy) is 1. The van der Waals surface area contributed by atoms with Gasteiger partial charge >= 0.3 is 0 Å². The highest BCUT2D eigenvalue weighted by Crippen LogP contribution is 2.37. The van der Waals surface area contributed by atoms with Crippen LogP contribution >= 0.6 is 11.6 Å². The summed E-state index contributed by atoms with van der Waals surface area (Å²) in [5.41, 5.74) is 5.64. The molecule has 0 aliphatic carbocycles. The highest BCUT2D eigenvalue weighted by molar-refractivity contribution is 6.31. The molecule has 0 aliphatic heterocycles. The van der Waals surface area contributed by atoms with Crippen molar-refractivity contribution in [3.05, 3.63) is 52.0 Å². The Morgan fingerprint density at radius 2 is 1.86 bits per heavy atom. The molecule has 0 bridgehead atoms. The maximum absolute atomic E-state index is 6.44. The summed E-state index contributed by atoms with van der Waals surface area (Å²) >= 11 is 6.44. The van der Waals surface area contributed by atoms with E-state index in [1.54, 1.807) is 7.11 Å². The molecule has 1 N–H and O–H groups in total. The van der Waals surface area contributed by atoms with Crippen LogP contribution in [-0.4, -0.2) is 14.2 Å². The molecule has 2 rings (SSSR count). The molecule has 3 heteroatoms. The van der Waals surface area contributed by atoms with Crippen LogP contribution < -0.4 is 10.1 Å². The van der Waals surface area contributed by atoms with Crippen LogP contribution in [0.15, 0.2) is 30.3 Å². The highest BCUT2D eigenvalue weighted by atomic mass is 35.5. The smallest absolute Gasteiger partial charge is 0.129 e. The first kappa shape index (κ1) is 15.9. The average Bonchev–Trinajstić information content (AvgIpc) is 2.49. The van der Waals surface area contributed by atoms with Crippen LogP contribution in [0.1, 0.15) is 29.7 Å². The maximum Gasteiger partial charge on any atom is 0.129 e. The highest BCUT2D eigenvalue weighted by Gasteiger charge is 2.13. The van der Waals surface area contributed by atoms with Crippen molar-refractivity contribution in [2.75, 3.05) is 14.2 Å². The van der Waals surface area contributed by atoms with Crippen LogP contribution in [0.25, 0.3) is 11.1 Å². The zero-order chi connectivity index (χ0) is 15.6. The summed E-state index contributed by atoms with van der Waals surface area (Å²) in [6, 6.07) is 10.6. The number of methoxy groups -OCH3 is 1. The Labute approximate surface area is 132 Å². The molecule has 0 radical (unpaired) electrons. The van der Waals surface area contributed by atoms with Crippen LogP contribution in [0, 0.1) is 13.8 Å². The van der Waals surface area contributed by atoms with Gasteiger partial charge in [0.1, 0.15) is 5.75 Å². The van der Waals surface area contributed by atoms with Crippen LogP contribution in [-0.2, 0) is 0 Å². The zero-order valence-electron chi connectivity index (χ0n) is 13.3. The standard InChI is InChI=1S/C18H22ClNO/c1-11-6-8-16(18(21-5)12(11)2)14-7-9-15(13(3)20-4)17(19)10-14/h6-10,13,20H,1-5H3. The SMILES string of the molecule is CNC(C)c1ccc(-c2ccc(C)c(C)c2OC)cc1Cl. The second-order valence-corrected chi connectivity index (χ2v) is 5.74. The monoisotopic (exact) mass is 303 g/mol. The van der Waals surface area contributed by atoms with Crippen molar-refractivity contribution < 1.29 is 4.74 Å². The number of hydrogen-bond donors (Lipinski definition) is 1. The number of benzene rings is 2. The number of aryl methyl sites for hydroxylation is 1. The zero-order valence-corrected chi connectivity index (χ0v) is 14.0. The third kappa shape index (κ3) is 3.07. The molecule has 2 aromatic carbocycles. The van der Waals surface area contributed by atoms with E-state index >= 15 is 0 Å². The van der Waals surface area contributed by atoms with Crippen molar-refractivity contribution in [2.24, 2.45) is 0 Å². The number of hydrogen-bond acceptors (Lipinski definition) is 2. The maximum atomic E-state index is 6.44. The van der Waals surface area contributed by atoms with Gasteiger partial charge in [-0.2, -0.15) is 0 Å². The Balaban J connectivity index is 2.53. The minimum absolute atomic E-state index is 0.230. The average molecular weight is 304 g/mol. The predicted octanol–water partition coefficient (Wildman–Crippen LogP) is 4.91. The van der Waals surface area contributed by atoms with E-state index in [-0.39, 0.29) is 6.04 Å². The molecule has 0 aliphatic rings. The third-order valence-corrected chi connectivity index (χ3v) is 4.42. The van der Waals surface area contributed by atoms with Gasteiger partial charge in [0.15, 0.2) is 0 Å². The summed E-state index contributed by atoms with van der Waals surface area (Å²) in [6.07, 6.45) is 0. The van der Waals surface area contributed by atoms with Gasteiger partial charge in [-0.05, 0) is 56.1 Å². The molecule has 0 saturated carbocycles. The fourth-order valence-electron chi connectivity index (χ4n) is 2.48. The van der Waals surface area contributed by atoms with Gasteiger partial charge in [0, 0.05) is 16.6 Å². The molecule has 1 atom stereocenters. The van der Waals surface area contributed by atoms with Crippen LogP contribution in [0.3, 0.4) is 0 Å². The van der Waals surface area contributed by atoms with Crippen molar-refractivity contribution in [3.8, 4) is 16.9 Å². The van der Waals surface area contributed by atoms with E-state index in [1.165, 1.54) is 11.1 Å². The molecule has 0 fully saturated rings. The van der Waals surface area contributed by atoms with Crippen molar-refractivity contribution in [3.63, 3.8) is 0 Å². The summed E-state index contributed by atoms with van der Waals surface area (Å²) in [4.78, 5) is 0. The first-order chi connectivity index (χ1) is 9.99. The van der Waals surface area contributed by atoms with E-state index in [1.807, 2.05) is 13.1 Å². The lowest BCUT2D eigenvalue weighted by atomic mass is 9.97. The van der Waals surface area contributed by atoms with E-state index in [0.29, 0.717) is 0 Å². The van der Waals surface area contributed by atoms with E-state index in [0.717, 1.165) is 27.5 Å². The Hall–Kier alpha value is -1.51. The Kier molecular flexibility index (Phi) is 4.92. The fraction of sp³-hybridized carbons (Fsp3) is 0.333. The normalized spacial score (nSPS) is 12.3. The van der Waals surface area contributed by atoms with Crippen molar-refractivity contribution in [1.29, 1.82) is 0 Å². The van der Waals surface area contributed by atoms with Gasteiger partial charge in [0.05, 0.1) is 7.11 Å². The molecule has 21 heavy (non-hydrogen) atoms. The molecule has 0 spiro atoms. The molecule has 1 unspecified atom stereocenters. The topological polar surface area (TPSA) is 21.3 Å². The lowest BCUT2D eigenvalue weighted by Crippen LogP contribution is -2.12. The second kappa shape index (κ2) is 6.50. The summed E-state index contributed by atoms with van der Waals surface area (Å²) in [6.45, 7) is 6.26. The van der Waals surface area contributed by atoms with Crippen LogP contribution in [0.5, 0.6) is 5.75 Å². The van der Waals surface area contributed by atoms with Crippen molar-refractivity contribution in [1.82, 2.24) is 5.32 Å². The fourth-order valence-corrected chi connectivity index (χ4v) is 2.83. The van der Waals surface area contributed by atoms with E-state index < -0.39 is 0 Å². The molecule has 0 heterocycles. The summed E-state index contributed by atoms with van der Waals surface area (Å²) in [5.74, 6) is 0.917. The van der Waals surface area contributed by atoms with Crippen LogP contribution in [0.4, 0.5) is 0 Å². The second-order valence-electron chi connectivity index (χ2n) is 5.33.